The van der Waals surface area contributed by atoms with Crippen LogP contribution in [0.1, 0.15) is 36.8 Å². The summed E-state index contributed by atoms with van der Waals surface area (Å²) in [4.78, 5) is 20.4. The van der Waals surface area contributed by atoms with Crippen molar-refractivity contribution in [2.24, 2.45) is 0 Å². The van der Waals surface area contributed by atoms with Gasteiger partial charge in [-0.15, -0.1) is 0 Å². The smallest absolute Gasteiger partial charge is 0.225 e. The summed E-state index contributed by atoms with van der Waals surface area (Å²) in [7, 11) is 0. The Bertz CT molecular complexity index is 695. The molecule has 1 aliphatic rings. The molecule has 3 heterocycles. The van der Waals surface area contributed by atoms with Gasteiger partial charge in [0.2, 0.25) is 11.9 Å². The van der Waals surface area contributed by atoms with Gasteiger partial charge in [-0.05, 0) is 39.7 Å². The van der Waals surface area contributed by atoms with Crippen LogP contribution in [0.15, 0.2) is 12.1 Å². The van der Waals surface area contributed by atoms with Gasteiger partial charge in [0.05, 0.1) is 12.2 Å². The normalized spacial score (nSPS) is 14.0. The van der Waals surface area contributed by atoms with Crippen molar-refractivity contribution in [3.8, 4) is 0 Å². The van der Waals surface area contributed by atoms with Crippen LogP contribution in [0.2, 0.25) is 0 Å². The number of nitrogens with one attached hydrogen (secondary N) is 2. The first kappa shape index (κ1) is 16.4. The van der Waals surface area contributed by atoms with E-state index in [0.29, 0.717) is 12.5 Å². The molecule has 3 rings (SSSR count). The van der Waals surface area contributed by atoms with Crippen LogP contribution >= 0.6 is 0 Å². The lowest BCUT2D eigenvalue weighted by atomic mass is 10.3. The maximum atomic E-state index is 4.69. The fourth-order valence-electron chi connectivity index (χ4n) is 2.85. The standard InChI is InChI=1S/C17H25N7/c1-4-18-15-10-13(3)20-16(23-15)19-11-14-9-12(2)21-17(22-14)24-7-5-6-8-24/h9-10H,4-8,11H2,1-3H3,(H2,18,19,20,23). The highest BCUT2D eigenvalue weighted by molar-refractivity contribution is 5.42. The van der Waals surface area contributed by atoms with E-state index in [4.69, 9.17) is 4.98 Å². The van der Waals surface area contributed by atoms with Gasteiger partial charge in [0.1, 0.15) is 5.82 Å². The number of hydrogen-bond acceptors (Lipinski definition) is 7. The Labute approximate surface area is 143 Å². The van der Waals surface area contributed by atoms with Gasteiger partial charge in [-0.25, -0.2) is 15.0 Å². The number of aryl methyl sites for hydroxylation is 2. The summed E-state index contributed by atoms with van der Waals surface area (Å²) in [6.45, 7) is 9.53. The Kier molecular flexibility index (Phi) is 5.08. The molecular formula is C17H25N7. The molecule has 1 saturated heterocycles. The van der Waals surface area contributed by atoms with Crippen LogP contribution in [0.25, 0.3) is 0 Å². The van der Waals surface area contributed by atoms with Gasteiger partial charge in [0.25, 0.3) is 0 Å². The van der Waals surface area contributed by atoms with Crippen molar-refractivity contribution in [1.82, 2.24) is 19.9 Å². The lowest BCUT2D eigenvalue weighted by molar-refractivity contribution is 0.862. The van der Waals surface area contributed by atoms with Crippen molar-refractivity contribution in [3.05, 3.63) is 29.2 Å². The molecule has 2 aromatic heterocycles. The molecule has 0 spiro atoms. The highest BCUT2D eigenvalue weighted by Crippen LogP contribution is 2.17. The molecule has 7 heteroatoms. The van der Waals surface area contributed by atoms with E-state index in [1.807, 2.05) is 32.9 Å². The average Bonchev–Trinajstić information content (AvgIpc) is 3.07. The van der Waals surface area contributed by atoms with Crippen molar-refractivity contribution >= 4 is 17.7 Å². The second-order valence-electron chi connectivity index (χ2n) is 6.10. The van der Waals surface area contributed by atoms with E-state index in [1.165, 1.54) is 12.8 Å². The van der Waals surface area contributed by atoms with Gasteiger partial charge in [-0.1, -0.05) is 0 Å². The topological polar surface area (TPSA) is 78.9 Å². The first-order valence-corrected chi connectivity index (χ1v) is 8.57. The molecule has 2 N–H and O–H groups in total. The van der Waals surface area contributed by atoms with E-state index >= 15 is 0 Å². The summed E-state index contributed by atoms with van der Waals surface area (Å²) in [5.41, 5.74) is 2.88. The molecule has 1 fully saturated rings. The number of rotatable bonds is 6. The van der Waals surface area contributed by atoms with E-state index in [2.05, 4.69) is 30.5 Å². The van der Waals surface area contributed by atoms with Crippen LogP contribution < -0.4 is 15.5 Å². The van der Waals surface area contributed by atoms with Gasteiger partial charge in [0.15, 0.2) is 0 Å². The number of anilines is 3. The Hall–Kier alpha value is -2.44. The van der Waals surface area contributed by atoms with Crippen molar-refractivity contribution in [2.45, 2.75) is 40.2 Å². The zero-order valence-electron chi connectivity index (χ0n) is 14.6. The number of nitrogens with zero attached hydrogens (tertiary/aromatic N) is 5. The second-order valence-corrected chi connectivity index (χ2v) is 6.10. The molecule has 128 valence electrons. The van der Waals surface area contributed by atoms with E-state index in [1.54, 1.807) is 0 Å². The molecule has 0 unspecified atom stereocenters. The molecule has 7 nitrogen and oxygen atoms in total. The van der Waals surface area contributed by atoms with E-state index < -0.39 is 0 Å². The largest absolute Gasteiger partial charge is 0.370 e. The molecule has 0 atom stereocenters. The maximum absolute atomic E-state index is 4.69. The monoisotopic (exact) mass is 327 g/mol. The Morgan fingerprint density at radius 1 is 0.958 bits per heavy atom. The summed E-state index contributed by atoms with van der Waals surface area (Å²) < 4.78 is 0. The van der Waals surface area contributed by atoms with Crippen LogP contribution in [0.3, 0.4) is 0 Å². The number of hydrogen-bond donors (Lipinski definition) is 2. The highest BCUT2D eigenvalue weighted by Gasteiger charge is 2.16. The Balaban J connectivity index is 1.72. The first-order valence-electron chi connectivity index (χ1n) is 8.57. The molecule has 0 bridgehead atoms. The predicted molar refractivity (Wildman–Crippen MR) is 96.5 cm³/mol. The minimum Gasteiger partial charge on any atom is -0.370 e. The fraction of sp³-hybridized carbons (Fsp3) is 0.529. The van der Waals surface area contributed by atoms with Crippen LogP contribution in [0.4, 0.5) is 17.7 Å². The van der Waals surface area contributed by atoms with Gasteiger partial charge < -0.3 is 15.5 Å². The molecule has 24 heavy (non-hydrogen) atoms. The molecular weight excluding hydrogens is 302 g/mol. The second kappa shape index (κ2) is 7.42. The minimum atomic E-state index is 0.583. The molecule has 0 saturated carbocycles. The SMILES string of the molecule is CCNc1cc(C)nc(NCc2cc(C)nc(N3CCCC3)n2)n1. The molecule has 0 amide bonds. The van der Waals surface area contributed by atoms with Crippen LogP contribution in [0, 0.1) is 13.8 Å². The first-order chi connectivity index (χ1) is 11.6. The van der Waals surface area contributed by atoms with Crippen molar-refractivity contribution in [3.63, 3.8) is 0 Å². The fourth-order valence-corrected chi connectivity index (χ4v) is 2.85. The molecule has 1 aliphatic heterocycles. The third-order valence-electron chi connectivity index (χ3n) is 3.92. The third kappa shape index (κ3) is 4.10. The van der Waals surface area contributed by atoms with E-state index in [0.717, 1.165) is 48.5 Å². The lowest BCUT2D eigenvalue weighted by Gasteiger charge is -2.16. The van der Waals surface area contributed by atoms with Gasteiger partial charge in [-0.2, -0.15) is 4.98 Å². The summed E-state index contributed by atoms with van der Waals surface area (Å²) in [5, 5.41) is 6.49. The summed E-state index contributed by atoms with van der Waals surface area (Å²) >= 11 is 0. The number of aromatic nitrogens is 4. The van der Waals surface area contributed by atoms with Gasteiger partial charge >= 0.3 is 0 Å². The molecule has 2 aromatic rings. The summed E-state index contributed by atoms with van der Waals surface area (Å²) in [5.74, 6) is 2.29. The molecule has 0 radical (unpaired) electrons. The van der Waals surface area contributed by atoms with Crippen molar-refractivity contribution in [1.29, 1.82) is 0 Å². The van der Waals surface area contributed by atoms with Crippen molar-refractivity contribution in [2.75, 3.05) is 35.2 Å². The van der Waals surface area contributed by atoms with Crippen LogP contribution in [0.5, 0.6) is 0 Å². The third-order valence-corrected chi connectivity index (χ3v) is 3.92. The zero-order valence-corrected chi connectivity index (χ0v) is 14.6. The molecule has 0 aromatic carbocycles. The molecule has 0 aliphatic carbocycles. The minimum absolute atomic E-state index is 0.583. The maximum Gasteiger partial charge on any atom is 0.225 e. The van der Waals surface area contributed by atoms with Crippen LogP contribution in [-0.4, -0.2) is 39.6 Å². The summed E-state index contributed by atoms with van der Waals surface area (Å²) in [6, 6.07) is 3.95. The average molecular weight is 327 g/mol. The highest BCUT2D eigenvalue weighted by atomic mass is 15.3. The Morgan fingerprint density at radius 3 is 2.46 bits per heavy atom. The predicted octanol–water partition coefficient (Wildman–Crippen LogP) is 2.53. The van der Waals surface area contributed by atoms with Crippen LogP contribution in [-0.2, 0) is 6.54 Å². The quantitative estimate of drug-likeness (QED) is 0.844. The van der Waals surface area contributed by atoms with Crippen molar-refractivity contribution < 1.29 is 0 Å². The Morgan fingerprint density at radius 2 is 1.71 bits per heavy atom. The summed E-state index contributed by atoms with van der Waals surface area (Å²) in [6.07, 6.45) is 2.43. The zero-order chi connectivity index (χ0) is 16.9. The van der Waals surface area contributed by atoms with E-state index in [-0.39, 0.29) is 0 Å². The van der Waals surface area contributed by atoms with Gasteiger partial charge in [-0.3, -0.25) is 0 Å². The van der Waals surface area contributed by atoms with E-state index in [9.17, 15) is 0 Å². The van der Waals surface area contributed by atoms with Gasteiger partial charge in [0, 0.05) is 37.1 Å². The lowest BCUT2D eigenvalue weighted by Crippen LogP contribution is -2.21.